The van der Waals surface area contributed by atoms with Crippen LogP contribution >= 0.6 is 0 Å². The van der Waals surface area contributed by atoms with E-state index in [-0.39, 0.29) is 11.8 Å². The van der Waals surface area contributed by atoms with Crippen molar-refractivity contribution < 1.29 is 5.11 Å². The Morgan fingerprint density at radius 2 is 2.12 bits per heavy atom. The molecule has 5 N–H and O–H groups in total. The standard InChI is InChI=1S/C16H19N7O/c1-10(17)4-5-18-16-19-9-14(22-23-16)13-3-2-11(6-15(13)24)12-7-20-21-8-12/h2-3,6-10,24H,4-5,17H2,1H3,(H,20,21)(H,18,19,23)/t10-/m0/s1. The first-order chi connectivity index (χ1) is 11.6. The van der Waals surface area contributed by atoms with E-state index in [9.17, 15) is 5.11 Å². The summed E-state index contributed by atoms with van der Waals surface area (Å²) in [6, 6.07) is 5.45. The summed E-state index contributed by atoms with van der Waals surface area (Å²) in [6.45, 7) is 2.63. The van der Waals surface area contributed by atoms with Crippen LogP contribution in [0.5, 0.6) is 5.75 Å². The normalized spacial score (nSPS) is 12.1. The number of anilines is 1. The van der Waals surface area contributed by atoms with Crippen LogP contribution in [-0.4, -0.2) is 43.1 Å². The summed E-state index contributed by atoms with van der Waals surface area (Å²) in [6.07, 6.45) is 5.85. The number of nitrogens with zero attached hydrogens (tertiary/aromatic N) is 4. The molecule has 124 valence electrons. The summed E-state index contributed by atoms with van der Waals surface area (Å²) in [5, 5.41) is 28.1. The molecule has 0 fully saturated rings. The number of rotatable bonds is 6. The highest BCUT2D eigenvalue weighted by Gasteiger charge is 2.10. The Balaban J connectivity index is 1.74. The molecule has 1 aromatic carbocycles. The molecule has 8 nitrogen and oxygen atoms in total. The number of phenols is 1. The number of aromatic nitrogens is 5. The lowest BCUT2D eigenvalue weighted by Gasteiger charge is -2.08. The third kappa shape index (κ3) is 3.66. The molecule has 0 aliphatic rings. The molecule has 0 saturated heterocycles. The molecular weight excluding hydrogens is 306 g/mol. The molecule has 3 rings (SSSR count). The molecule has 0 aliphatic carbocycles. The Kier molecular flexibility index (Phi) is 4.66. The van der Waals surface area contributed by atoms with E-state index in [2.05, 4.69) is 30.7 Å². The van der Waals surface area contributed by atoms with Crippen LogP contribution in [0.4, 0.5) is 5.95 Å². The number of hydrogen-bond acceptors (Lipinski definition) is 7. The minimum Gasteiger partial charge on any atom is -0.507 e. The van der Waals surface area contributed by atoms with Crippen molar-refractivity contribution in [3.05, 3.63) is 36.8 Å². The Hall–Kier alpha value is -3.00. The van der Waals surface area contributed by atoms with E-state index in [0.717, 1.165) is 17.5 Å². The molecule has 24 heavy (non-hydrogen) atoms. The second kappa shape index (κ2) is 7.05. The van der Waals surface area contributed by atoms with Crippen molar-refractivity contribution in [1.82, 2.24) is 25.4 Å². The fraction of sp³-hybridized carbons (Fsp3) is 0.250. The summed E-state index contributed by atoms with van der Waals surface area (Å²) in [4.78, 5) is 4.21. The molecule has 0 spiro atoms. The molecule has 0 saturated carbocycles. The summed E-state index contributed by atoms with van der Waals surface area (Å²) in [5.41, 5.74) is 8.53. The second-order valence-electron chi connectivity index (χ2n) is 5.58. The Labute approximate surface area is 139 Å². The monoisotopic (exact) mass is 325 g/mol. The zero-order valence-electron chi connectivity index (χ0n) is 13.3. The number of nitrogens with one attached hydrogen (secondary N) is 2. The largest absolute Gasteiger partial charge is 0.507 e. The van der Waals surface area contributed by atoms with Crippen molar-refractivity contribution in [1.29, 1.82) is 0 Å². The number of nitrogens with two attached hydrogens (primary N) is 1. The number of aromatic hydroxyl groups is 1. The summed E-state index contributed by atoms with van der Waals surface area (Å²) < 4.78 is 0. The SMILES string of the molecule is C[C@H](N)CCNc1ncc(-c2ccc(-c3cn[nH]c3)cc2O)nn1. The van der Waals surface area contributed by atoms with E-state index in [1.165, 1.54) is 0 Å². The number of benzene rings is 1. The van der Waals surface area contributed by atoms with E-state index in [0.29, 0.717) is 23.8 Å². The zero-order valence-corrected chi connectivity index (χ0v) is 13.3. The van der Waals surface area contributed by atoms with Crippen molar-refractivity contribution in [3.8, 4) is 28.1 Å². The average molecular weight is 325 g/mol. The third-order valence-corrected chi connectivity index (χ3v) is 3.55. The van der Waals surface area contributed by atoms with Gasteiger partial charge in [-0.2, -0.15) is 5.10 Å². The van der Waals surface area contributed by atoms with Gasteiger partial charge < -0.3 is 16.2 Å². The van der Waals surface area contributed by atoms with Gasteiger partial charge in [0.1, 0.15) is 11.4 Å². The minimum absolute atomic E-state index is 0.113. The number of hydrogen-bond donors (Lipinski definition) is 4. The van der Waals surface area contributed by atoms with Crippen LogP contribution in [0.25, 0.3) is 22.4 Å². The van der Waals surface area contributed by atoms with Crippen LogP contribution in [0.3, 0.4) is 0 Å². The van der Waals surface area contributed by atoms with Gasteiger partial charge in [0.2, 0.25) is 5.95 Å². The van der Waals surface area contributed by atoms with Crippen molar-refractivity contribution in [2.45, 2.75) is 19.4 Å². The first kappa shape index (κ1) is 15.9. The van der Waals surface area contributed by atoms with Gasteiger partial charge in [-0.25, -0.2) is 4.98 Å². The van der Waals surface area contributed by atoms with Gasteiger partial charge in [0.15, 0.2) is 0 Å². The summed E-state index contributed by atoms with van der Waals surface area (Å²) in [5.74, 6) is 0.552. The van der Waals surface area contributed by atoms with Gasteiger partial charge in [0.05, 0.1) is 12.4 Å². The highest BCUT2D eigenvalue weighted by molar-refractivity contribution is 5.73. The highest BCUT2D eigenvalue weighted by Crippen LogP contribution is 2.31. The molecule has 8 heteroatoms. The fourth-order valence-corrected chi connectivity index (χ4v) is 2.23. The molecule has 2 heterocycles. The van der Waals surface area contributed by atoms with Crippen molar-refractivity contribution in [2.24, 2.45) is 5.73 Å². The van der Waals surface area contributed by atoms with Gasteiger partial charge in [-0.15, -0.1) is 10.2 Å². The second-order valence-corrected chi connectivity index (χ2v) is 5.58. The predicted octanol–water partition coefficient (Wildman–Crippen LogP) is 1.78. The van der Waals surface area contributed by atoms with Crippen molar-refractivity contribution in [2.75, 3.05) is 11.9 Å². The minimum atomic E-state index is 0.113. The number of phenolic OH excluding ortho intramolecular Hbond substituents is 1. The van der Waals surface area contributed by atoms with Gasteiger partial charge >= 0.3 is 0 Å². The first-order valence-corrected chi connectivity index (χ1v) is 7.65. The quantitative estimate of drug-likeness (QED) is 0.544. The van der Waals surface area contributed by atoms with Gasteiger partial charge in [0.25, 0.3) is 0 Å². The molecule has 3 aromatic rings. The number of H-pyrrole nitrogens is 1. The molecule has 0 unspecified atom stereocenters. The van der Waals surface area contributed by atoms with Crippen LogP contribution in [0.1, 0.15) is 13.3 Å². The molecule has 0 bridgehead atoms. The van der Waals surface area contributed by atoms with Crippen molar-refractivity contribution >= 4 is 5.95 Å². The van der Waals surface area contributed by atoms with Gasteiger partial charge in [-0.3, -0.25) is 5.10 Å². The maximum Gasteiger partial charge on any atom is 0.242 e. The molecule has 2 aromatic heterocycles. The van der Waals surface area contributed by atoms with Gasteiger partial charge in [0, 0.05) is 29.9 Å². The lowest BCUT2D eigenvalue weighted by Crippen LogP contribution is -2.19. The molecule has 1 atom stereocenters. The average Bonchev–Trinajstić information content (AvgIpc) is 3.10. The molecule has 0 aliphatic heterocycles. The maximum absolute atomic E-state index is 10.3. The van der Waals surface area contributed by atoms with Crippen LogP contribution in [0, 0.1) is 0 Å². The van der Waals surface area contributed by atoms with E-state index in [1.54, 1.807) is 30.7 Å². The van der Waals surface area contributed by atoms with E-state index >= 15 is 0 Å². The number of aromatic amines is 1. The Morgan fingerprint density at radius 3 is 2.75 bits per heavy atom. The Bertz CT molecular complexity index is 785. The highest BCUT2D eigenvalue weighted by atomic mass is 16.3. The summed E-state index contributed by atoms with van der Waals surface area (Å²) >= 11 is 0. The van der Waals surface area contributed by atoms with E-state index < -0.39 is 0 Å². The lowest BCUT2D eigenvalue weighted by atomic mass is 10.0. The molecule has 0 amide bonds. The van der Waals surface area contributed by atoms with E-state index in [1.807, 2.05) is 13.0 Å². The first-order valence-electron chi connectivity index (χ1n) is 7.65. The molecular formula is C16H19N7O. The van der Waals surface area contributed by atoms with Crippen molar-refractivity contribution in [3.63, 3.8) is 0 Å². The van der Waals surface area contributed by atoms with Gasteiger partial charge in [-0.1, -0.05) is 6.07 Å². The lowest BCUT2D eigenvalue weighted by molar-refractivity contribution is 0.477. The van der Waals surface area contributed by atoms with Crippen LogP contribution in [0.15, 0.2) is 36.8 Å². The predicted molar refractivity (Wildman–Crippen MR) is 91.3 cm³/mol. The van der Waals surface area contributed by atoms with Crippen LogP contribution in [0.2, 0.25) is 0 Å². The zero-order chi connectivity index (χ0) is 16.9. The third-order valence-electron chi connectivity index (χ3n) is 3.55. The molecule has 0 radical (unpaired) electrons. The van der Waals surface area contributed by atoms with Gasteiger partial charge in [-0.05, 0) is 31.0 Å². The topological polar surface area (TPSA) is 126 Å². The van der Waals surface area contributed by atoms with Crippen LogP contribution in [-0.2, 0) is 0 Å². The maximum atomic E-state index is 10.3. The Morgan fingerprint density at radius 1 is 1.25 bits per heavy atom. The fourth-order valence-electron chi connectivity index (χ4n) is 2.23. The van der Waals surface area contributed by atoms with Crippen LogP contribution < -0.4 is 11.1 Å². The summed E-state index contributed by atoms with van der Waals surface area (Å²) in [7, 11) is 0. The smallest absolute Gasteiger partial charge is 0.242 e. The van der Waals surface area contributed by atoms with E-state index in [4.69, 9.17) is 5.73 Å².